The quantitative estimate of drug-likeness (QED) is 0.552. The van der Waals surface area contributed by atoms with Gasteiger partial charge >= 0.3 is 5.97 Å². The molecule has 4 saturated carbocycles. The van der Waals surface area contributed by atoms with Crippen LogP contribution in [0.5, 0.6) is 0 Å². The first kappa shape index (κ1) is 22.3. The highest BCUT2D eigenvalue weighted by Crippen LogP contribution is 2.76. The molecule has 0 amide bonds. The summed E-state index contributed by atoms with van der Waals surface area (Å²) in [7, 11) is 0. The first-order valence-corrected chi connectivity index (χ1v) is 12.6. The van der Waals surface area contributed by atoms with E-state index in [1.165, 1.54) is 32.1 Å². The third-order valence-electron chi connectivity index (χ3n) is 11.7. The number of hydrogen-bond acceptors (Lipinski definition) is 2. The van der Waals surface area contributed by atoms with E-state index >= 15 is 0 Å². The molecule has 0 spiro atoms. The smallest absolute Gasteiger partial charge is 0.303 e. The van der Waals surface area contributed by atoms with Crippen molar-refractivity contribution in [3.8, 4) is 0 Å². The fraction of sp³-hybridized carbons (Fsp3) is 0.926. The van der Waals surface area contributed by atoms with Gasteiger partial charge in [-0.1, -0.05) is 41.5 Å². The lowest BCUT2D eigenvalue weighted by Crippen LogP contribution is -2.64. The van der Waals surface area contributed by atoms with Crippen molar-refractivity contribution in [2.75, 3.05) is 0 Å². The molecule has 0 aromatic carbocycles. The first-order chi connectivity index (χ1) is 13.9. The number of fused-ring (bicyclic) bond motifs is 5. The van der Waals surface area contributed by atoms with Crippen molar-refractivity contribution in [2.24, 2.45) is 51.2 Å². The molecule has 0 aliphatic heterocycles. The van der Waals surface area contributed by atoms with E-state index in [0.29, 0.717) is 35.4 Å². The maximum Gasteiger partial charge on any atom is 0.303 e. The van der Waals surface area contributed by atoms with Crippen LogP contribution in [0.4, 0.5) is 0 Å². The summed E-state index contributed by atoms with van der Waals surface area (Å²) in [5.41, 5.74) is 1.04. The highest BCUT2D eigenvalue weighted by atomic mass is 16.4. The molecule has 3 nitrogen and oxygen atoms in total. The van der Waals surface area contributed by atoms with E-state index in [1.807, 2.05) is 0 Å². The van der Waals surface area contributed by atoms with Gasteiger partial charge in [-0.05, 0) is 96.7 Å². The fourth-order valence-electron chi connectivity index (χ4n) is 10.1. The minimum Gasteiger partial charge on any atom is -0.481 e. The Hall–Kier alpha value is -0.860. The van der Waals surface area contributed by atoms with Gasteiger partial charge in [-0.3, -0.25) is 9.59 Å². The summed E-state index contributed by atoms with van der Waals surface area (Å²) in [5, 5.41) is 9.28. The Bertz CT molecular complexity index is 728. The molecule has 4 aliphatic rings. The molecule has 0 heterocycles. The Labute approximate surface area is 183 Å². The van der Waals surface area contributed by atoms with Crippen LogP contribution in [0.25, 0.3) is 0 Å². The second-order valence-electron chi connectivity index (χ2n) is 12.9. The Morgan fingerprint density at radius 3 is 2.07 bits per heavy atom. The van der Waals surface area contributed by atoms with Gasteiger partial charge < -0.3 is 5.11 Å². The molecule has 0 aromatic rings. The summed E-state index contributed by atoms with van der Waals surface area (Å²) >= 11 is 0. The molecule has 8 atom stereocenters. The number of Topliss-reactive ketones (excluding diaryl/α,β-unsaturated/α-hetero) is 1. The van der Waals surface area contributed by atoms with Gasteiger partial charge in [0, 0.05) is 18.8 Å². The van der Waals surface area contributed by atoms with Crippen molar-refractivity contribution in [3.05, 3.63) is 0 Å². The summed E-state index contributed by atoms with van der Waals surface area (Å²) in [5.74, 6) is 2.44. The molecule has 0 saturated heterocycles. The predicted molar refractivity (Wildman–Crippen MR) is 120 cm³/mol. The number of aliphatic carboxylic acids is 1. The van der Waals surface area contributed by atoms with Crippen LogP contribution in [-0.4, -0.2) is 16.9 Å². The lowest BCUT2D eigenvalue weighted by molar-refractivity contribution is -0.219. The second-order valence-corrected chi connectivity index (χ2v) is 12.9. The first-order valence-electron chi connectivity index (χ1n) is 12.6. The fourth-order valence-corrected chi connectivity index (χ4v) is 10.1. The summed E-state index contributed by atoms with van der Waals surface area (Å²) in [6.07, 6.45) is 10.00. The summed E-state index contributed by atoms with van der Waals surface area (Å²) in [6, 6.07) is 0. The molecular weight excluding hydrogens is 372 g/mol. The monoisotopic (exact) mass is 416 g/mol. The van der Waals surface area contributed by atoms with Crippen molar-refractivity contribution < 1.29 is 14.7 Å². The Balaban J connectivity index is 1.69. The van der Waals surface area contributed by atoms with E-state index in [-0.39, 0.29) is 23.2 Å². The zero-order valence-corrected chi connectivity index (χ0v) is 20.2. The average Bonchev–Trinajstić information content (AvgIpc) is 3.01. The van der Waals surface area contributed by atoms with Gasteiger partial charge in [0.15, 0.2) is 0 Å². The van der Waals surface area contributed by atoms with Gasteiger partial charge in [-0.2, -0.15) is 0 Å². The highest BCUT2D eigenvalue weighted by molar-refractivity contribution is 5.83. The van der Waals surface area contributed by atoms with E-state index in [1.54, 1.807) is 0 Å². The van der Waals surface area contributed by atoms with Gasteiger partial charge in [0.25, 0.3) is 0 Å². The van der Waals surface area contributed by atoms with Gasteiger partial charge in [0.05, 0.1) is 0 Å². The molecule has 170 valence electrons. The Morgan fingerprint density at radius 2 is 1.50 bits per heavy atom. The van der Waals surface area contributed by atoms with E-state index in [9.17, 15) is 14.7 Å². The number of carbonyl (C=O) groups is 2. The molecule has 4 fully saturated rings. The van der Waals surface area contributed by atoms with Gasteiger partial charge in [0.1, 0.15) is 5.78 Å². The van der Waals surface area contributed by atoms with Crippen LogP contribution in [0.3, 0.4) is 0 Å². The zero-order chi connectivity index (χ0) is 22.1. The maximum absolute atomic E-state index is 13.0. The van der Waals surface area contributed by atoms with Crippen molar-refractivity contribution in [3.63, 3.8) is 0 Å². The standard InChI is InChI=1S/C27H44O3/c1-17(2)18-7-10-21-24(18,3)13-15-27(6)22-11-9-20(28)19(8-12-23(29)30)25(22,4)14-16-26(21,27)5/h17-19,21-22H,7-16H2,1-6H3,(H,29,30)/t18-,19-,21-,22+,24-,25+,26+,27-/m1/s1. The second kappa shape index (κ2) is 7.07. The summed E-state index contributed by atoms with van der Waals surface area (Å²) in [4.78, 5) is 24.3. The predicted octanol–water partition coefficient (Wildman–Crippen LogP) is 6.74. The van der Waals surface area contributed by atoms with Crippen molar-refractivity contribution in [2.45, 2.75) is 106 Å². The van der Waals surface area contributed by atoms with Gasteiger partial charge in [0.2, 0.25) is 0 Å². The molecule has 4 rings (SSSR count). The number of ketones is 1. The highest BCUT2D eigenvalue weighted by Gasteiger charge is 2.70. The van der Waals surface area contributed by atoms with E-state index in [4.69, 9.17) is 0 Å². The Kier molecular flexibility index (Phi) is 5.27. The number of rotatable bonds is 4. The van der Waals surface area contributed by atoms with Crippen LogP contribution >= 0.6 is 0 Å². The summed E-state index contributed by atoms with van der Waals surface area (Å²) in [6.45, 7) is 15.0. The van der Waals surface area contributed by atoms with Crippen molar-refractivity contribution in [1.29, 1.82) is 0 Å². The summed E-state index contributed by atoms with van der Waals surface area (Å²) < 4.78 is 0. The molecule has 0 unspecified atom stereocenters. The molecule has 1 N–H and O–H groups in total. The molecular formula is C27H44O3. The van der Waals surface area contributed by atoms with E-state index in [2.05, 4.69) is 41.5 Å². The molecule has 0 bridgehead atoms. The van der Waals surface area contributed by atoms with Crippen LogP contribution in [0, 0.1) is 51.2 Å². The SMILES string of the molecule is CC(C)[C@H]1CC[C@@H]2[C@]1(C)CC[C@]1(C)[C@H]3CCC(=O)[C@@H](CCC(=O)O)[C@]3(C)CC[C@@]21C. The molecule has 3 heteroatoms. The topological polar surface area (TPSA) is 54.4 Å². The normalized spacial score (nSPS) is 50.7. The lowest BCUT2D eigenvalue weighted by atomic mass is 9.34. The third kappa shape index (κ3) is 2.82. The maximum atomic E-state index is 13.0. The zero-order valence-electron chi connectivity index (χ0n) is 20.2. The van der Waals surface area contributed by atoms with Crippen LogP contribution in [0.15, 0.2) is 0 Å². The van der Waals surface area contributed by atoms with Crippen LogP contribution < -0.4 is 0 Å². The third-order valence-corrected chi connectivity index (χ3v) is 11.7. The lowest BCUT2D eigenvalue weighted by Gasteiger charge is -2.70. The van der Waals surface area contributed by atoms with E-state index in [0.717, 1.165) is 30.6 Å². The van der Waals surface area contributed by atoms with Crippen LogP contribution in [0.1, 0.15) is 106 Å². The van der Waals surface area contributed by atoms with Gasteiger partial charge in [-0.15, -0.1) is 0 Å². The van der Waals surface area contributed by atoms with Gasteiger partial charge in [-0.25, -0.2) is 0 Å². The number of carbonyl (C=O) groups excluding carboxylic acids is 1. The molecule has 0 aromatic heterocycles. The number of hydrogen-bond donors (Lipinski definition) is 1. The van der Waals surface area contributed by atoms with Crippen LogP contribution in [-0.2, 0) is 9.59 Å². The number of carboxylic acid groups (broad SMARTS) is 1. The van der Waals surface area contributed by atoms with Crippen LogP contribution in [0.2, 0.25) is 0 Å². The van der Waals surface area contributed by atoms with E-state index < -0.39 is 5.97 Å². The number of carboxylic acids is 1. The minimum absolute atomic E-state index is 0.0250. The largest absolute Gasteiger partial charge is 0.481 e. The minimum atomic E-state index is -0.764. The molecule has 4 aliphatic carbocycles. The Morgan fingerprint density at radius 1 is 0.933 bits per heavy atom. The molecule has 0 radical (unpaired) electrons. The van der Waals surface area contributed by atoms with Crippen molar-refractivity contribution >= 4 is 11.8 Å². The average molecular weight is 417 g/mol. The van der Waals surface area contributed by atoms with Crippen molar-refractivity contribution in [1.82, 2.24) is 0 Å². The molecule has 30 heavy (non-hydrogen) atoms.